The maximum Gasteiger partial charge on any atom is 0.0167 e. The van der Waals surface area contributed by atoms with Gasteiger partial charge in [0, 0.05) is 37.8 Å². The van der Waals surface area contributed by atoms with Crippen molar-refractivity contribution in [2.75, 3.05) is 19.6 Å². The van der Waals surface area contributed by atoms with E-state index in [2.05, 4.69) is 17.1 Å². The summed E-state index contributed by atoms with van der Waals surface area (Å²) in [7, 11) is 0. The monoisotopic (exact) mass is 223 g/mol. The first-order chi connectivity index (χ1) is 7.70. The van der Waals surface area contributed by atoms with Gasteiger partial charge in [0.05, 0.1) is 0 Å². The second kappa shape index (κ2) is 3.97. The van der Waals surface area contributed by atoms with Gasteiger partial charge in [-0.3, -0.25) is 4.90 Å². The van der Waals surface area contributed by atoms with E-state index >= 15 is 0 Å². The van der Waals surface area contributed by atoms with E-state index in [1.807, 2.05) is 0 Å². The summed E-state index contributed by atoms with van der Waals surface area (Å²) in [6.45, 7) is 5.95. The molecular formula is C13H25N3. The topological polar surface area (TPSA) is 41.3 Å². The van der Waals surface area contributed by atoms with Crippen molar-refractivity contribution in [3.63, 3.8) is 0 Å². The number of nitrogens with one attached hydrogen (secondary N) is 1. The summed E-state index contributed by atoms with van der Waals surface area (Å²) in [5, 5.41) is 3.53. The summed E-state index contributed by atoms with van der Waals surface area (Å²) >= 11 is 0. The summed E-state index contributed by atoms with van der Waals surface area (Å²) in [5.41, 5.74) is 6.65. The quantitative estimate of drug-likeness (QED) is 0.695. The molecule has 2 aliphatic carbocycles. The lowest BCUT2D eigenvalue weighted by Gasteiger charge is -2.41. The van der Waals surface area contributed by atoms with Gasteiger partial charge in [-0.2, -0.15) is 0 Å². The molecule has 16 heavy (non-hydrogen) atoms. The second-order valence-electron chi connectivity index (χ2n) is 6.25. The molecule has 3 aliphatic rings. The number of nitrogens with two attached hydrogens (primary N) is 1. The van der Waals surface area contributed by atoms with Crippen LogP contribution in [0.2, 0.25) is 0 Å². The summed E-state index contributed by atoms with van der Waals surface area (Å²) in [5.74, 6) is 0. The number of hydrogen-bond acceptors (Lipinski definition) is 3. The molecule has 1 saturated heterocycles. The zero-order valence-electron chi connectivity index (χ0n) is 10.4. The van der Waals surface area contributed by atoms with Crippen molar-refractivity contribution >= 4 is 0 Å². The average molecular weight is 223 g/mol. The summed E-state index contributed by atoms with van der Waals surface area (Å²) in [6, 6.07) is 2.06. The molecule has 1 spiro atoms. The first-order valence-corrected chi connectivity index (χ1v) is 6.93. The van der Waals surface area contributed by atoms with Gasteiger partial charge in [-0.1, -0.05) is 0 Å². The van der Waals surface area contributed by atoms with Crippen LogP contribution < -0.4 is 11.1 Å². The molecule has 1 heterocycles. The first kappa shape index (κ1) is 11.0. The Morgan fingerprint density at radius 3 is 2.56 bits per heavy atom. The van der Waals surface area contributed by atoms with E-state index in [4.69, 9.17) is 5.73 Å². The maximum atomic E-state index is 6.05. The summed E-state index contributed by atoms with van der Waals surface area (Å²) < 4.78 is 0. The molecule has 1 aliphatic heterocycles. The van der Waals surface area contributed by atoms with Crippen LogP contribution in [0.3, 0.4) is 0 Å². The van der Waals surface area contributed by atoms with E-state index in [0.29, 0.717) is 17.5 Å². The highest BCUT2D eigenvalue weighted by Gasteiger charge is 2.53. The molecule has 0 bridgehead atoms. The molecule has 92 valence electrons. The minimum atomic E-state index is 0.537. The van der Waals surface area contributed by atoms with Crippen molar-refractivity contribution in [1.29, 1.82) is 0 Å². The van der Waals surface area contributed by atoms with Crippen molar-refractivity contribution in [3.8, 4) is 0 Å². The molecule has 0 aromatic carbocycles. The Hall–Kier alpha value is -0.120. The average Bonchev–Trinajstić information content (AvgIpc) is 2.89. The normalized spacial score (nSPS) is 49.5. The number of rotatable bonds is 1. The van der Waals surface area contributed by atoms with Gasteiger partial charge < -0.3 is 11.1 Å². The number of piperazine rings is 1. The lowest BCUT2D eigenvalue weighted by molar-refractivity contribution is 0.0996. The van der Waals surface area contributed by atoms with Gasteiger partial charge in [0.1, 0.15) is 0 Å². The van der Waals surface area contributed by atoms with Crippen molar-refractivity contribution in [1.82, 2.24) is 10.2 Å². The molecule has 3 nitrogen and oxygen atoms in total. The molecule has 0 aromatic rings. The van der Waals surface area contributed by atoms with Crippen LogP contribution in [0.15, 0.2) is 0 Å². The Labute approximate surface area is 98.8 Å². The number of nitrogens with zero attached hydrogens (tertiary/aromatic N) is 1. The molecule has 2 saturated carbocycles. The maximum absolute atomic E-state index is 6.05. The van der Waals surface area contributed by atoms with E-state index in [9.17, 15) is 0 Å². The predicted molar refractivity (Wildman–Crippen MR) is 66.3 cm³/mol. The van der Waals surface area contributed by atoms with Crippen LogP contribution >= 0.6 is 0 Å². The minimum Gasteiger partial charge on any atom is -0.327 e. The van der Waals surface area contributed by atoms with E-state index in [1.165, 1.54) is 51.7 Å². The molecule has 0 radical (unpaired) electrons. The third-order valence-corrected chi connectivity index (χ3v) is 5.12. The van der Waals surface area contributed by atoms with Gasteiger partial charge in [0.2, 0.25) is 0 Å². The van der Waals surface area contributed by atoms with E-state index < -0.39 is 0 Å². The molecule has 2 unspecified atom stereocenters. The molecule has 3 heteroatoms. The Kier molecular flexibility index (Phi) is 2.73. The minimum absolute atomic E-state index is 0.537. The molecule has 3 fully saturated rings. The van der Waals surface area contributed by atoms with Crippen LogP contribution in [0.25, 0.3) is 0 Å². The van der Waals surface area contributed by atoms with Gasteiger partial charge in [-0.15, -0.1) is 0 Å². The van der Waals surface area contributed by atoms with E-state index in [1.54, 1.807) is 0 Å². The van der Waals surface area contributed by atoms with Gasteiger partial charge in [-0.05, 0) is 44.4 Å². The largest absolute Gasteiger partial charge is 0.327 e. The Morgan fingerprint density at radius 1 is 1.31 bits per heavy atom. The van der Waals surface area contributed by atoms with E-state index in [0.717, 1.165) is 6.04 Å². The van der Waals surface area contributed by atoms with Crippen LogP contribution in [-0.4, -0.2) is 42.7 Å². The van der Waals surface area contributed by atoms with Crippen molar-refractivity contribution in [3.05, 3.63) is 0 Å². The van der Waals surface area contributed by atoms with Crippen LogP contribution in [-0.2, 0) is 0 Å². The third kappa shape index (κ3) is 1.89. The van der Waals surface area contributed by atoms with Gasteiger partial charge >= 0.3 is 0 Å². The fraction of sp³-hybridized carbons (Fsp3) is 1.00. The van der Waals surface area contributed by atoms with Gasteiger partial charge in [0.25, 0.3) is 0 Å². The highest BCUT2D eigenvalue weighted by atomic mass is 15.2. The molecule has 0 aromatic heterocycles. The SMILES string of the molecule is CC1CN(C2CCC3(CC2)CC3N)CCN1. The molecule has 3 rings (SSSR count). The van der Waals surface area contributed by atoms with Crippen LogP contribution in [0.5, 0.6) is 0 Å². The predicted octanol–water partition coefficient (Wildman–Crippen LogP) is 0.940. The highest BCUT2D eigenvalue weighted by molar-refractivity contribution is 5.08. The lowest BCUT2D eigenvalue weighted by Crippen LogP contribution is -2.53. The molecule has 0 amide bonds. The van der Waals surface area contributed by atoms with Crippen LogP contribution in [0.1, 0.15) is 39.0 Å². The highest BCUT2D eigenvalue weighted by Crippen LogP contribution is 2.55. The Morgan fingerprint density at radius 2 is 2.00 bits per heavy atom. The lowest BCUT2D eigenvalue weighted by atomic mass is 9.82. The smallest absolute Gasteiger partial charge is 0.0167 e. The Bertz CT molecular complexity index is 258. The van der Waals surface area contributed by atoms with Crippen molar-refractivity contribution in [2.45, 2.75) is 57.2 Å². The third-order valence-electron chi connectivity index (χ3n) is 5.12. The molecule has 3 N–H and O–H groups in total. The first-order valence-electron chi connectivity index (χ1n) is 6.93. The molecule has 2 atom stereocenters. The summed E-state index contributed by atoms with van der Waals surface area (Å²) in [6.07, 6.45) is 6.85. The van der Waals surface area contributed by atoms with Gasteiger partial charge in [-0.25, -0.2) is 0 Å². The fourth-order valence-electron chi connectivity index (χ4n) is 3.79. The zero-order chi connectivity index (χ0) is 11.2. The van der Waals surface area contributed by atoms with E-state index in [-0.39, 0.29) is 0 Å². The summed E-state index contributed by atoms with van der Waals surface area (Å²) in [4.78, 5) is 2.71. The second-order valence-corrected chi connectivity index (χ2v) is 6.25. The zero-order valence-corrected chi connectivity index (χ0v) is 10.4. The Balaban J connectivity index is 1.53. The number of hydrogen-bond donors (Lipinski definition) is 2. The van der Waals surface area contributed by atoms with Crippen LogP contribution in [0, 0.1) is 5.41 Å². The fourth-order valence-corrected chi connectivity index (χ4v) is 3.79. The van der Waals surface area contributed by atoms with Crippen molar-refractivity contribution in [2.24, 2.45) is 11.1 Å². The van der Waals surface area contributed by atoms with Crippen molar-refractivity contribution < 1.29 is 0 Å². The standard InChI is InChI=1S/C13H25N3/c1-10-9-16(7-6-15-10)11-2-4-13(5-3-11)8-12(13)14/h10-12,15H,2-9,14H2,1H3. The van der Waals surface area contributed by atoms with Gasteiger partial charge in [0.15, 0.2) is 0 Å². The molecular weight excluding hydrogens is 198 g/mol. The van der Waals surface area contributed by atoms with Crippen LogP contribution in [0.4, 0.5) is 0 Å².